The molecule has 0 amide bonds. The van der Waals surface area contributed by atoms with Crippen LogP contribution in [-0.2, 0) is 4.79 Å². The Morgan fingerprint density at radius 2 is 2.08 bits per heavy atom. The Kier molecular flexibility index (Phi) is 5.31. The molecule has 1 aromatic carbocycles. The SMILES string of the molecule is CC(=O)C[C@@H](C)c1ccc(O[C@@H]2CCN(c3cccc(F)n3)C2)cc1. The molecule has 0 aliphatic carbocycles. The van der Waals surface area contributed by atoms with Crippen LogP contribution in [-0.4, -0.2) is 30.0 Å². The number of ketones is 1. The molecule has 0 spiro atoms. The highest BCUT2D eigenvalue weighted by Gasteiger charge is 2.25. The first-order valence-electron chi connectivity index (χ1n) is 8.65. The van der Waals surface area contributed by atoms with Crippen molar-refractivity contribution in [2.24, 2.45) is 0 Å². The summed E-state index contributed by atoms with van der Waals surface area (Å²) in [6.45, 7) is 5.17. The van der Waals surface area contributed by atoms with Gasteiger partial charge in [-0.25, -0.2) is 4.98 Å². The summed E-state index contributed by atoms with van der Waals surface area (Å²) < 4.78 is 19.3. The highest BCUT2D eigenvalue weighted by atomic mass is 19.1. The van der Waals surface area contributed by atoms with Crippen LogP contribution in [0, 0.1) is 5.95 Å². The van der Waals surface area contributed by atoms with E-state index in [9.17, 15) is 9.18 Å². The number of carbonyl (C=O) groups excluding carboxylic acids is 1. The molecule has 25 heavy (non-hydrogen) atoms. The second kappa shape index (κ2) is 7.64. The molecular formula is C20H23FN2O2. The molecule has 0 unspecified atom stereocenters. The van der Waals surface area contributed by atoms with Crippen LogP contribution in [0.15, 0.2) is 42.5 Å². The summed E-state index contributed by atoms with van der Waals surface area (Å²) in [6, 6.07) is 12.8. The van der Waals surface area contributed by atoms with Gasteiger partial charge in [-0.1, -0.05) is 25.1 Å². The van der Waals surface area contributed by atoms with Crippen LogP contribution in [0.3, 0.4) is 0 Å². The van der Waals surface area contributed by atoms with E-state index in [1.807, 2.05) is 35.2 Å². The lowest BCUT2D eigenvalue weighted by Crippen LogP contribution is -2.25. The van der Waals surface area contributed by atoms with Crippen LogP contribution in [0.1, 0.15) is 38.2 Å². The van der Waals surface area contributed by atoms with Crippen molar-refractivity contribution >= 4 is 11.6 Å². The van der Waals surface area contributed by atoms with E-state index < -0.39 is 5.95 Å². The van der Waals surface area contributed by atoms with Gasteiger partial charge in [-0.15, -0.1) is 0 Å². The minimum absolute atomic E-state index is 0.0607. The number of pyridine rings is 1. The Hall–Kier alpha value is -2.43. The lowest BCUT2D eigenvalue weighted by atomic mass is 9.96. The monoisotopic (exact) mass is 342 g/mol. The molecule has 0 N–H and O–H groups in total. The Morgan fingerprint density at radius 3 is 2.76 bits per heavy atom. The molecule has 0 bridgehead atoms. The zero-order valence-electron chi connectivity index (χ0n) is 14.6. The topological polar surface area (TPSA) is 42.4 Å². The zero-order valence-corrected chi connectivity index (χ0v) is 14.6. The molecule has 0 saturated carbocycles. The highest BCUT2D eigenvalue weighted by molar-refractivity contribution is 5.76. The molecule has 1 fully saturated rings. The van der Waals surface area contributed by atoms with E-state index in [2.05, 4.69) is 11.9 Å². The summed E-state index contributed by atoms with van der Waals surface area (Å²) >= 11 is 0. The van der Waals surface area contributed by atoms with E-state index in [-0.39, 0.29) is 17.8 Å². The molecule has 1 aromatic heterocycles. The van der Waals surface area contributed by atoms with Crippen molar-refractivity contribution in [1.82, 2.24) is 4.98 Å². The molecule has 1 aliphatic heterocycles. The van der Waals surface area contributed by atoms with E-state index in [0.29, 0.717) is 18.8 Å². The third-order valence-corrected chi connectivity index (χ3v) is 4.51. The van der Waals surface area contributed by atoms with Crippen LogP contribution in [0.5, 0.6) is 5.75 Å². The number of halogens is 1. The second-order valence-electron chi connectivity index (χ2n) is 6.67. The van der Waals surface area contributed by atoms with Gasteiger partial charge in [0.15, 0.2) is 0 Å². The Bertz CT molecular complexity index is 733. The van der Waals surface area contributed by atoms with Crippen molar-refractivity contribution in [2.45, 2.75) is 38.7 Å². The quantitative estimate of drug-likeness (QED) is 0.745. The average molecular weight is 342 g/mol. The lowest BCUT2D eigenvalue weighted by molar-refractivity contribution is -0.117. The minimum atomic E-state index is -0.461. The lowest BCUT2D eigenvalue weighted by Gasteiger charge is -2.18. The Labute approximate surface area is 147 Å². The number of rotatable bonds is 6. The molecule has 3 rings (SSSR count). The summed E-state index contributed by atoms with van der Waals surface area (Å²) in [6.07, 6.45) is 1.49. The number of carbonyl (C=O) groups is 1. The van der Waals surface area contributed by atoms with Gasteiger partial charge in [-0.2, -0.15) is 4.39 Å². The molecular weight excluding hydrogens is 319 g/mol. The van der Waals surface area contributed by atoms with Crippen LogP contribution in [0.4, 0.5) is 10.2 Å². The number of aromatic nitrogens is 1. The van der Waals surface area contributed by atoms with Crippen LogP contribution in [0.25, 0.3) is 0 Å². The molecule has 2 heterocycles. The fourth-order valence-corrected chi connectivity index (χ4v) is 3.22. The summed E-state index contributed by atoms with van der Waals surface area (Å²) in [7, 11) is 0. The van der Waals surface area contributed by atoms with Crippen molar-refractivity contribution in [2.75, 3.05) is 18.0 Å². The zero-order chi connectivity index (χ0) is 17.8. The maximum absolute atomic E-state index is 13.3. The van der Waals surface area contributed by atoms with Gasteiger partial charge in [0.05, 0.1) is 6.54 Å². The second-order valence-corrected chi connectivity index (χ2v) is 6.67. The van der Waals surface area contributed by atoms with Gasteiger partial charge < -0.3 is 14.4 Å². The molecule has 0 radical (unpaired) electrons. The van der Waals surface area contributed by atoms with E-state index >= 15 is 0 Å². The molecule has 1 aliphatic rings. The van der Waals surface area contributed by atoms with Gasteiger partial charge in [0.25, 0.3) is 0 Å². The first-order chi connectivity index (χ1) is 12.0. The number of hydrogen-bond acceptors (Lipinski definition) is 4. The number of Topliss-reactive ketones (excluding diaryl/α,β-unsaturated/α-hetero) is 1. The van der Waals surface area contributed by atoms with E-state index in [4.69, 9.17) is 4.74 Å². The maximum Gasteiger partial charge on any atom is 0.214 e. The average Bonchev–Trinajstić information content (AvgIpc) is 3.03. The minimum Gasteiger partial charge on any atom is -0.489 e. The fraction of sp³-hybridized carbons (Fsp3) is 0.400. The molecule has 2 aromatic rings. The van der Waals surface area contributed by atoms with E-state index in [1.54, 1.807) is 13.0 Å². The predicted octanol–water partition coefficient (Wildman–Crippen LogP) is 3.96. The summed E-state index contributed by atoms with van der Waals surface area (Å²) in [5, 5.41) is 0. The molecule has 2 atom stereocenters. The number of benzene rings is 1. The Balaban J connectivity index is 1.57. The van der Waals surface area contributed by atoms with Crippen molar-refractivity contribution in [3.63, 3.8) is 0 Å². The highest BCUT2D eigenvalue weighted by Crippen LogP contribution is 2.25. The number of nitrogens with zero attached hydrogens (tertiary/aromatic N) is 2. The van der Waals surface area contributed by atoms with E-state index in [0.717, 1.165) is 24.3 Å². The first kappa shape index (κ1) is 17.4. The number of ether oxygens (including phenoxy) is 1. The van der Waals surface area contributed by atoms with Crippen molar-refractivity contribution in [3.05, 3.63) is 54.0 Å². The first-order valence-corrected chi connectivity index (χ1v) is 8.65. The predicted molar refractivity (Wildman–Crippen MR) is 95.6 cm³/mol. The molecule has 5 heteroatoms. The van der Waals surface area contributed by atoms with Crippen LogP contribution >= 0.6 is 0 Å². The molecule has 1 saturated heterocycles. The van der Waals surface area contributed by atoms with Gasteiger partial charge >= 0.3 is 0 Å². The summed E-state index contributed by atoms with van der Waals surface area (Å²) in [4.78, 5) is 17.2. The van der Waals surface area contributed by atoms with Gasteiger partial charge in [0.2, 0.25) is 5.95 Å². The maximum atomic E-state index is 13.3. The van der Waals surface area contributed by atoms with Crippen molar-refractivity contribution < 1.29 is 13.9 Å². The van der Waals surface area contributed by atoms with Crippen LogP contribution < -0.4 is 9.64 Å². The fourth-order valence-electron chi connectivity index (χ4n) is 3.22. The van der Waals surface area contributed by atoms with Crippen LogP contribution in [0.2, 0.25) is 0 Å². The number of anilines is 1. The van der Waals surface area contributed by atoms with Crippen molar-refractivity contribution in [3.8, 4) is 5.75 Å². The summed E-state index contributed by atoms with van der Waals surface area (Å²) in [5.41, 5.74) is 1.14. The largest absolute Gasteiger partial charge is 0.489 e. The van der Waals surface area contributed by atoms with Crippen molar-refractivity contribution in [1.29, 1.82) is 0 Å². The van der Waals surface area contributed by atoms with Gasteiger partial charge in [0, 0.05) is 19.4 Å². The standard InChI is InChI=1S/C20H23FN2O2/c1-14(12-15(2)24)16-6-8-17(9-7-16)25-18-10-11-23(13-18)20-5-3-4-19(21)22-20/h3-9,14,18H,10-13H2,1-2H3/t14-,18-/m1/s1. The number of hydrogen-bond donors (Lipinski definition) is 0. The third-order valence-electron chi connectivity index (χ3n) is 4.51. The van der Waals surface area contributed by atoms with Gasteiger partial charge in [0.1, 0.15) is 23.5 Å². The van der Waals surface area contributed by atoms with Gasteiger partial charge in [-0.3, -0.25) is 0 Å². The van der Waals surface area contributed by atoms with Gasteiger partial charge in [-0.05, 0) is 42.7 Å². The third kappa shape index (κ3) is 4.56. The smallest absolute Gasteiger partial charge is 0.214 e. The summed E-state index contributed by atoms with van der Waals surface area (Å²) in [5.74, 6) is 1.42. The molecule has 4 nitrogen and oxygen atoms in total. The Morgan fingerprint density at radius 1 is 1.32 bits per heavy atom. The normalized spacial score (nSPS) is 18.2. The van der Waals surface area contributed by atoms with E-state index in [1.165, 1.54) is 6.07 Å². The molecule has 132 valence electrons.